The van der Waals surface area contributed by atoms with Gasteiger partial charge in [-0.05, 0) is 68.8 Å². The molecule has 7 nitrogen and oxygen atoms in total. The van der Waals surface area contributed by atoms with Crippen LogP contribution in [0.1, 0.15) is 26.7 Å². The number of carbonyl (C=O) groups excluding carboxylic acids is 1. The molecule has 1 amide bonds. The van der Waals surface area contributed by atoms with E-state index in [9.17, 15) is 17.6 Å². The standard InChI is InChI=1S/C22H29FN2O5S/c1-17(2)30-21-12-8-19(9-13-21)25(31(3,27)28)15-4-5-22(26)24-14-16-29-20-10-6-18(23)7-11-20/h6-13,17H,4-5,14-16H2,1-3H3,(H,24,26). The van der Waals surface area contributed by atoms with Gasteiger partial charge < -0.3 is 14.8 Å². The van der Waals surface area contributed by atoms with E-state index < -0.39 is 10.0 Å². The molecule has 0 heterocycles. The molecule has 0 aliphatic heterocycles. The van der Waals surface area contributed by atoms with E-state index in [1.165, 1.54) is 28.6 Å². The fourth-order valence-corrected chi connectivity index (χ4v) is 3.78. The number of carbonyl (C=O) groups is 1. The van der Waals surface area contributed by atoms with Crippen LogP contribution >= 0.6 is 0 Å². The number of ether oxygens (including phenoxy) is 2. The average Bonchev–Trinajstić information content (AvgIpc) is 2.69. The molecule has 0 fully saturated rings. The van der Waals surface area contributed by atoms with Crippen molar-refractivity contribution in [3.63, 3.8) is 0 Å². The molecule has 2 aromatic rings. The summed E-state index contributed by atoms with van der Waals surface area (Å²) in [4.78, 5) is 12.0. The first-order chi connectivity index (χ1) is 14.6. The Labute approximate surface area is 183 Å². The summed E-state index contributed by atoms with van der Waals surface area (Å²) in [6.45, 7) is 4.55. The Hall–Kier alpha value is -2.81. The van der Waals surface area contributed by atoms with Gasteiger partial charge in [0.1, 0.15) is 23.9 Å². The van der Waals surface area contributed by atoms with Crippen LogP contribution in [-0.4, -0.2) is 46.4 Å². The third kappa shape index (κ3) is 8.84. The van der Waals surface area contributed by atoms with Crippen LogP contribution in [0.3, 0.4) is 0 Å². The third-order valence-electron chi connectivity index (χ3n) is 4.17. The van der Waals surface area contributed by atoms with Gasteiger partial charge in [-0.25, -0.2) is 12.8 Å². The van der Waals surface area contributed by atoms with Crippen LogP contribution in [0.4, 0.5) is 10.1 Å². The van der Waals surface area contributed by atoms with E-state index in [0.717, 1.165) is 6.26 Å². The number of hydrogen-bond donors (Lipinski definition) is 1. The smallest absolute Gasteiger partial charge is 0.232 e. The van der Waals surface area contributed by atoms with E-state index in [1.807, 2.05) is 13.8 Å². The molecule has 0 saturated carbocycles. The van der Waals surface area contributed by atoms with Crippen molar-refractivity contribution in [2.75, 3.05) is 30.3 Å². The zero-order valence-electron chi connectivity index (χ0n) is 18.0. The largest absolute Gasteiger partial charge is 0.492 e. The Morgan fingerprint density at radius 3 is 2.26 bits per heavy atom. The minimum Gasteiger partial charge on any atom is -0.492 e. The van der Waals surface area contributed by atoms with Gasteiger partial charge in [-0.1, -0.05) is 0 Å². The van der Waals surface area contributed by atoms with Crippen molar-refractivity contribution < 1.29 is 27.1 Å². The molecule has 2 aromatic carbocycles. The van der Waals surface area contributed by atoms with E-state index in [2.05, 4.69) is 5.32 Å². The van der Waals surface area contributed by atoms with Gasteiger partial charge in [-0.2, -0.15) is 0 Å². The Kier molecular flexibility index (Phi) is 9.11. The molecule has 31 heavy (non-hydrogen) atoms. The predicted octanol–water partition coefficient (Wildman–Crippen LogP) is 3.35. The Morgan fingerprint density at radius 1 is 1.06 bits per heavy atom. The van der Waals surface area contributed by atoms with Crippen molar-refractivity contribution in [2.24, 2.45) is 0 Å². The molecule has 9 heteroatoms. The van der Waals surface area contributed by atoms with Gasteiger partial charge in [0.15, 0.2) is 0 Å². The van der Waals surface area contributed by atoms with Crippen molar-refractivity contribution in [2.45, 2.75) is 32.8 Å². The summed E-state index contributed by atoms with van der Waals surface area (Å²) in [5, 5.41) is 2.72. The maximum Gasteiger partial charge on any atom is 0.232 e. The molecule has 170 valence electrons. The van der Waals surface area contributed by atoms with Crippen LogP contribution in [0, 0.1) is 5.82 Å². The number of sulfonamides is 1. The number of benzene rings is 2. The molecule has 0 radical (unpaired) electrons. The molecular weight excluding hydrogens is 423 g/mol. The molecule has 2 rings (SSSR count). The van der Waals surface area contributed by atoms with Gasteiger partial charge in [0.2, 0.25) is 15.9 Å². The first-order valence-electron chi connectivity index (χ1n) is 10.0. The Balaban J connectivity index is 1.77. The number of nitrogens with zero attached hydrogens (tertiary/aromatic N) is 1. The Bertz CT molecular complexity index is 931. The lowest BCUT2D eigenvalue weighted by molar-refractivity contribution is -0.121. The summed E-state index contributed by atoms with van der Waals surface area (Å²) in [5.74, 6) is 0.638. The highest BCUT2D eigenvalue weighted by atomic mass is 32.2. The van der Waals surface area contributed by atoms with Crippen LogP contribution < -0.4 is 19.1 Å². The van der Waals surface area contributed by atoms with E-state index >= 15 is 0 Å². The highest BCUT2D eigenvalue weighted by Gasteiger charge is 2.17. The maximum atomic E-state index is 12.8. The van der Waals surface area contributed by atoms with Crippen molar-refractivity contribution in [1.29, 1.82) is 0 Å². The van der Waals surface area contributed by atoms with E-state index in [-0.39, 0.29) is 37.4 Å². The molecule has 0 aliphatic rings. The van der Waals surface area contributed by atoms with Gasteiger partial charge in [0.05, 0.1) is 24.6 Å². The SMILES string of the molecule is CC(C)Oc1ccc(N(CCCC(=O)NCCOc2ccc(F)cc2)S(C)(=O)=O)cc1. The van der Waals surface area contributed by atoms with Crippen LogP contribution in [0.2, 0.25) is 0 Å². The summed E-state index contributed by atoms with van der Waals surface area (Å²) in [6, 6.07) is 12.4. The molecule has 0 aliphatic carbocycles. The van der Waals surface area contributed by atoms with Crippen molar-refractivity contribution >= 4 is 21.6 Å². The summed E-state index contributed by atoms with van der Waals surface area (Å²) < 4.78 is 49.5. The second kappa shape index (κ2) is 11.5. The number of hydrogen-bond acceptors (Lipinski definition) is 5. The topological polar surface area (TPSA) is 84.9 Å². The molecule has 0 spiro atoms. The normalized spacial score (nSPS) is 11.3. The first-order valence-corrected chi connectivity index (χ1v) is 11.9. The van der Waals surface area contributed by atoms with Crippen LogP contribution in [0.15, 0.2) is 48.5 Å². The molecule has 0 atom stereocenters. The zero-order chi connectivity index (χ0) is 22.9. The fourth-order valence-electron chi connectivity index (χ4n) is 2.81. The number of amides is 1. The van der Waals surface area contributed by atoms with E-state index in [4.69, 9.17) is 9.47 Å². The average molecular weight is 453 g/mol. The van der Waals surface area contributed by atoms with Crippen molar-refractivity contribution in [3.8, 4) is 11.5 Å². The molecular formula is C22H29FN2O5S. The highest BCUT2D eigenvalue weighted by molar-refractivity contribution is 7.92. The van der Waals surface area contributed by atoms with E-state index in [1.54, 1.807) is 24.3 Å². The van der Waals surface area contributed by atoms with Gasteiger partial charge in [-0.15, -0.1) is 0 Å². The molecule has 0 saturated heterocycles. The quantitative estimate of drug-likeness (QED) is 0.499. The Morgan fingerprint density at radius 2 is 1.68 bits per heavy atom. The van der Waals surface area contributed by atoms with Crippen LogP contribution in [0.25, 0.3) is 0 Å². The first kappa shape index (κ1) is 24.5. The maximum absolute atomic E-state index is 12.8. The second-order valence-electron chi connectivity index (χ2n) is 7.25. The minimum absolute atomic E-state index is 0.0245. The van der Waals surface area contributed by atoms with Gasteiger partial charge in [0.25, 0.3) is 0 Å². The number of rotatable bonds is 12. The van der Waals surface area contributed by atoms with Gasteiger partial charge >= 0.3 is 0 Å². The van der Waals surface area contributed by atoms with Crippen molar-refractivity contribution in [1.82, 2.24) is 5.32 Å². The molecule has 0 bridgehead atoms. The summed E-state index contributed by atoms with van der Waals surface area (Å²) in [5.41, 5.74) is 0.520. The summed E-state index contributed by atoms with van der Waals surface area (Å²) in [6.07, 6.45) is 1.70. The lowest BCUT2D eigenvalue weighted by Crippen LogP contribution is -2.32. The lowest BCUT2D eigenvalue weighted by Gasteiger charge is -2.22. The van der Waals surface area contributed by atoms with Crippen LogP contribution in [0.5, 0.6) is 11.5 Å². The van der Waals surface area contributed by atoms with Crippen LogP contribution in [-0.2, 0) is 14.8 Å². The van der Waals surface area contributed by atoms with Crippen molar-refractivity contribution in [3.05, 3.63) is 54.3 Å². The molecule has 0 aromatic heterocycles. The fraction of sp³-hybridized carbons (Fsp3) is 0.409. The third-order valence-corrected chi connectivity index (χ3v) is 5.36. The monoisotopic (exact) mass is 452 g/mol. The highest BCUT2D eigenvalue weighted by Crippen LogP contribution is 2.22. The summed E-state index contributed by atoms with van der Waals surface area (Å²) >= 11 is 0. The molecule has 1 N–H and O–H groups in total. The van der Waals surface area contributed by atoms with Gasteiger partial charge in [-0.3, -0.25) is 9.10 Å². The molecule has 0 unspecified atom stereocenters. The van der Waals surface area contributed by atoms with E-state index in [0.29, 0.717) is 30.2 Å². The number of halogens is 1. The minimum atomic E-state index is -3.49. The second-order valence-corrected chi connectivity index (χ2v) is 9.16. The summed E-state index contributed by atoms with van der Waals surface area (Å²) in [7, 11) is -3.49. The van der Waals surface area contributed by atoms with Gasteiger partial charge in [0, 0.05) is 13.0 Å². The number of nitrogens with one attached hydrogen (secondary N) is 1. The number of anilines is 1. The lowest BCUT2D eigenvalue weighted by atomic mass is 10.2. The zero-order valence-corrected chi connectivity index (χ0v) is 18.8. The predicted molar refractivity (Wildman–Crippen MR) is 119 cm³/mol.